The number of nitrogens with one attached hydrogen (secondary N) is 3. The second-order valence-electron chi connectivity index (χ2n) is 4.66. The second kappa shape index (κ2) is 6.23. The fraction of sp³-hybridized carbons (Fsp3) is 0.308. The summed E-state index contributed by atoms with van der Waals surface area (Å²) >= 11 is 3.36. The van der Waals surface area contributed by atoms with Crippen molar-refractivity contribution in [1.82, 2.24) is 10.5 Å². The Morgan fingerprint density at radius 1 is 1.57 bits per heavy atom. The van der Waals surface area contributed by atoms with Crippen LogP contribution in [0.5, 0.6) is 0 Å². The molecule has 3 N–H and O–H groups in total. The molecule has 1 aliphatic carbocycles. The molecule has 0 saturated carbocycles. The Morgan fingerprint density at radius 3 is 3.24 bits per heavy atom. The maximum Gasteiger partial charge on any atom is 0.320 e. The highest BCUT2D eigenvalue weighted by Gasteiger charge is 2.24. The van der Waals surface area contributed by atoms with Crippen molar-refractivity contribution in [3.63, 3.8) is 0 Å². The molecule has 0 fully saturated rings. The van der Waals surface area contributed by atoms with Crippen molar-refractivity contribution in [2.75, 3.05) is 5.32 Å². The fourth-order valence-electron chi connectivity index (χ4n) is 2.41. The van der Waals surface area contributed by atoms with Gasteiger partial charge < -0.3 is 4.84 Å². The molecule has 0 bridgehead atoms. The summed E-state index contributed by atoms with van der Waals surface area (Å²) in [7, 11) is 0. The SMILES string of the molecule is N=C(NOC=O)Nc1nc2c(s1)CC(c1cccs1)CC2. The highest BCUT2D eigenvalue weighted by atomic mass is 32.1. The molecule has 3 rings (SSSR count). The van der Waals surface area contributed by atoms with Crippen LogP contribution in [0.3, 0.4) is 0 Å². The normalized spacial score (nSPS) is 16.9. The Hall–Kier alpha value is -1.93. The lowest BCUT2D eigenvalue weighted by Crippen LogP contribution is -2.29. The van der Waals surface area contributed by atoms with Gasteiger partial charge in [-0.2, -0.15) is 5.48 Å². The molecule has 0 spiro atoms. The summed E-state index contributed by atoms with van der Waals surface area (Å²) in [5.74, 6) is 0.463. The minimum Gasteiger partial charge on any atom is -0.344 e. The number of thiazole rings is 1. The van der Waals surface area contributed by atoms with Gasteiger partial charge in [0.15, 0.2) is 5.13 Å². The van der Waals surface area contributed by atoms with E-state index in [9.17, 15) is 4.79 Å². The minimum atomic E-state index is -0.108. The number of hydrogen-bond donors (Lipinski definition) is 3. The largest absolute Gasteiger partial charge is 0.344 e. The quantitative estimate of drug-likeness (QED) is 0.348. The number of carbonyl (C=O) groups is 1. The van der Waals surface area contributed by atoms with Crippen LogP contribution in [-0.4, -0.2) is 17.4 Å². The maximum atomic E-state index is 10.0. The van der Waals surface area contributed by atoms with Gasteiger partial charge in [-0.15, -0.1) is 22.7 Å². The number of aryl methyl sites for hydroxylation is 1. The molecular weight excluding hydrogens is 308 g/mol. The molecule has 2 aromatic rings. The first-order valence-electron chi connectivity index (χ1n) is 6.49. The highest BCUT2D eigenvalue weighted by molar-refractivity contribution is 7.16. The van der Waals surface area contributed by atoms with Crippen molar-refractivity contribution < 1.29 is 9.63 Å². The van der Waals surface area contributed by atoms with Gasteiger partial charge in [-0.1, -0.05) is 6.07 Å². The van der Waals surface area contributed by atoms with Crippen LogP contribution < -0.4 is 10.8 Å². The Labute approximate surface area is 129 Å². The van der Waals surface area contributed by atoms with E-state index < -0.39 is 0 Å². The Kier molecular flexibility index (Phi) is 4.16. The van der Waals surface area contributed by atoms with Gasteiger partial charge in [-0.25, -0.2) is 4.98 Å². The third-order valence-corrected chi connectivity index (χ3v) is 5.40. The molecule has 2 heterocycles. The molecule has 0 amide bonds. The number of fused-ring (bicyclic) bond motifs is 1. The number of anilines is 1. The van der Waals surface area contributed by atoms with E-state index in [1.807, 2.05) is 0 Å². The lowest BCUT2D eigenvalue weighted by Gasteiger charge is -2.19. The van der Waals surface area contributed by atoms with Crippen LogP contribution in [0.4, 0.5) is 5.13 Å². The van der Waals surface area contributed by atoms with Crippen LogP contribution in [0.2, 0.25) is 0 Å². The van der Waals surface area contributed by atoms with E-state index in [1.54, 1.807) is 22.7 Å². The summed E-state index contributed by atoms with van der Waals surface area (Å²) in [4.78, 5) is 21.5. The highest BCUT2D eigenvalue weighted by Crippen LogP contribution is 2.38. The monoisotopic (exact) mass is 322 g/mol. The first kappa shape index (κ1) is 14.0. The number of hydroxylamine groups is 1. The van der Waals surface area contributed by atoms with Gasteiger partial charge in [0, 0.05) is 9.75 Å². The molecule has 0 aliphatic heterocycles. The zero-order valence-electron chi connectivity index (χ0n) is 11.1. The van der Waals surface area contributed by atoms with Gasteiger partial charge in [-0.05, 0) is 36.6 Å². The number of rotatable bonds is 4. The lowest BCUT2D eigenvalue weighted by atomic mass is 9.90. The second-order valence-corrected chi connectivity index (χ2v) is 6.72. The van der Waals surface area contributed by atoms with E-state index in [2.05, 4.69) is 38.1 Å². The molecule has 21 heavy (non-hydrogen) atoms. The number of carbonyl (C=O) groups excluding carboxylic acids is 1. The van der Waals surface area contributed by atoms with Gasteiger partial charge >= 0.3 is 6.47 Å². The molecule has 8 heteroatoms. The summed E-state index contributed by atoms with van der Waals surface area (Å²) in [6.45, 7) is 0.231. The Balaban J connectivity index is 1.67. The summed E-state index contributed by atoms with van der Waals surface area (Å²) < 4.78 is 0. The molecule has 0 saturated heterocycles. The van der Waals surface area contributed by atoms with Crippen LogP contribution in [0.25, 0.3) is 0 Å². The molecule has 0 aromatic carbocycles. The summed E-state index contributed by atoms with van der Waals surface area (Å²) in [6.07, 6.45) is 3.07. The molecule has 0 radical (unpaired) electrons. The van der Waals surface area contributed by atoms with E-state index in [4.69, 9.17) is 5.41 Å². The summed E-state index contributed by atoms with van der Waals surface area (Å²) in [5, 5.41) is 13.1. The predicted molar refractivity (Wildman–Crippen MR) is 82.8 cm³/mol. The third kappa shape index (κ3) is 3.22. The topological polar surface area (TPSA) is 87.1 Å². The van der Waals surface area contributed by atoms with Crippen molar-refractivity contribution in [1.29, 1.82) is 5.41 Å². The van der Waals surface area contributed by atoms with E-state index in [1.165, 1.54) is 9.75 Å². The summed E-state index contributed by atoms with van der Waals surface area (Å²) in [5.41, 5.74) is 3.28. The first-order chi connectivity index (χ1) is 10.3. The average molecular weight is 322 g/mol. The van der Waals surface area contributed by atoms with Crippen LogP contribution in [-0.2, 0) is 22.5 Å². The molecule has 6 nitrogen and oxygen atoms in total. The van der Waals surface area contributed by atoms with Crippen molar-refractivity contribution >= 4 is 40.2 Å². The summed E-state index contributed by atoms with van der Waals surface area (Å²) in [6, 6.07) is 4.28. The number of hydrogen-bond acceptors (Lipinski definition) is 6. The molecule has 110 valence electrons. The molecule has 1 aliphatic rings. The van der Waals surface area contributed by atoms with Gasteiger partial charge in [0.25, 0.3) is 0 Å². The van der Waals surface area contributed by atoms with Gasteiger partial charge in [-0.3, -0.25) is 15.5 Å². The van der Waals surface area contributed by atoms with Crippen molar-refractivity contribution in [2.24, 2.45) is 0 Å². The van der Waals surface area contributed by atoms with E-state index in [-0.39, 0.29) is 12.4 Å². The van der Waals surface area contributed by atoms with E-state index in [0.717, 1.165) is 25.0 Å². The zero-order chi connectivity index (χ0) is 14.7. The Bertz CT molecular complexity index is 639. The predicted octanol–water partition coefficient (Wildman–Crippen LogP) is 2.50. The third-order valence-electron chi connectivity index (χ3n) is 3.33. The molecule has 1 unspecified atom stereocenters. The minimum absolute atomic E-state index is 0.108. The average Bonchev–Trinajstić information content (AvgIpc) is 3.12. The van der Waals surface area contributed by atoms with Crippen molar-refractivity contribution in [3.05, 3.63) is 33.0 Å². The number of guanidine groups is 1. The maximum absolute atomic E-state index is 10.0. The molecular formula is C13H14N4O2S2. The Morgan fingerprint density at radius 2 is 2.48 bits per heavy atom. The van der Waals surface area contributed by atoms with Gasteiger partial charge in [0.1, 0.15) is 0 Å². The first-order valence-corrected chi connectivity index (χ1v) is 8.18. The van der Waals surface area contributed by atoms with Crippen LogP contribution in [0.1, 0.15) is 27.8 Å². The number of nitrogens with zero attached hydrogens (tertiary/aromatic N) is 1. The standard InChI is InChI=1S/C13H14N4O2S2/c14-12(17-19-7-18)16-13-15-9-4-3-8(6-11(9)21-13)10-2-1-5-20-10/h1-2,5,7-8H,3-4,6H2,(H3,14,15,16,17). The number of aromatic nitrogens is 1. The van der Waals surface area contributed by atoms with Crippen molar-refractivity contribution in [3.8, 4) is 0 Å². The molecule has 2 aromatic heterocycles. The lowest BCUT2D eigenvalue weighted by molar-refractivity contribution is -0.132. The number of thiophene rings is 1. The van der Waals surface area contributed by atoms with Gasteiger partial charge in [0.05, 0.1) is 5.69 Å². The van der Waals surface area contributed by atoms with E-state index in [0.29, 0.717) is 11.0 Å². The van der Waals surface area contributed by atoms with E-state index >= 15 is 0 Å². The van der Waals surface area contributed by atoms with Crippen LogP contribution in [0.15, 0.2) is 17.5 Å². The van der Waals surface area contributed by atoms with Gasteiger partial charge in [0.2, 0.25) is 5.96 Å². The molecule has 1 atom stereocenters. The fourth-order valence-corrected chi connectivity index (χ4v) is 4.37. The smallest absolute Gasteiger partial charge is 0.320 e. The van der Waals surface area contributed by atoms with Crippen molar-refractivity contribution in [2.45, 2.75) is 25.2 Å². The zero-order valence-corrected chi connectivity index (χ0v) is 12.7. The van der Waals surface area contributed by atoms with Crippen LogP contribution >= 0.6 is 22.7 Å². The van der Waals surface area contributed by atoms with Crippen LogP contribution in [0, 0.1) is 5.41 Å².